The Morgan fingerprint density at radius 1 is 1.26 bits per heavy atom. The van der Waals surface area contributed by atoms with Crippen molar-refractivity contribution in [3.05, 3.63) is 17.0 Å². The van der Waals surface area contributed by atoms with Crippen molar-refractivity contribution in [3.8, 4) is 0 Å². The van der Waals surface area contributed by atoms with Crippen molar-refractivity contribution in [2.45, 2.75) is 40.3 Å². The zero-order chi connectivity index (χ0) is 15.0. The first-order valence-electron chi connectivity index (χ1n) is 6.27. The van der Waals surface area contributed by atoms with Crippen LogP contribution in [-0.2, 0) is 23.8 Å². The molecule has 0 unspecified atom stereocenters. The van der Waals surface area contributed by atoms with E-state index in [1.54, 1.807) is 18.8 Å². The van der Waals surface area contributed by atoms with Crippen LogP contribution in [0, 0.1) is 13.8 Å². The highest BCUT2D eigenvalue weighted by Crippen LogP contribution is 2.19. The Kier molecular flexibility index (Phi) is 4.76. The molecule has 0 amide bonds. The summed E-state index contributed by atoms with van der Waals surface area (Å²) in [5, 5.41) is 4.33. The van der Waals surface area contributed by atoms with Gasteiger partial charge in [0.25, 0.3) is 10.2 Å². The molecule has 0 aliphatic heterocycles. The summed E-state index contributed by atoms with van der Waals surface area (Å²) in [5.41, 5.74) is 2.85. The number of hydrogen-bond donors (Lipinski definition) is 0. The van der Waals surface area contributed by atoms with Gasteiger partial charge in [-0.25, -0.2) is 0 Å². The van der Waals surface area contributed by atoms with Gasteiger partial charge in [-0.05, 0) is 27.7 Å². The van der Waals surface area contributed by atoms with Crippen molar-refractivity contribution < 1.29 is 8.42 Å². The van der Waals surface area contributed by atoms with Gasteiger partial charge < -0.3 is 0 Å². The predicted octanol–water partition coefficient (Wildman–Crippen LogP) is 1.05. The molecule has 6 nitrogen and oxygen atoms in total. The SMILES string of the molecule is Cc1nn(C)c(C)c1CN(C(C)C)S(=O)(=O)N(C)C. The molecule has 0 aliphatic rings. The van der Waals surface area contributed by atoms with Crippen LogP contribution in [-0.4, -0.2) is 46.9 Å². The van der Waals surface area contributed by atoms with Gasteiger partial charge in [0.15, 0.2) is 0 Å². The van der Waals surface area contributed by atoms with Gasteiger partial charge in [-0.15, -0.1) is 0 Å². The van der Waals surface area contributed by atoms with Crippen molar-refractivity contribution in [2.24, 2.45) is 7.05 Å². The molecule has 1 aromatic heterocycles. The lowest BCUT2D eigenvalue weighted by Gasteiger charge is -2.28. The topological polar surface area (TPSA) is 58.4 Å². The van der Waals surface area contributed by atoms with Crippen molar-refractivity contribution in [3.63, 3.8) is 0 Å². The monoisotopic (exact) mass is 288 g/mol. The maximum Gasteiger partial charge on any atom is 0.282 e. The smallest absolute Gasteiger partial charge is 0.272 e. The Hall–Kier alpha value is -0.920. The molecular weight excluding hydrogens is 264 g/mol. The third kappa shape index (κ3) is 3.16. The molecule has 0 bridgehead atoms. The molecule has 7 heteroatoms. The number of nitrogens with zero attached hydrogens (tertiary/aromatic N) is 4. The zero-order valence-corrected chi connectivity index (χ0v) is 13.6. The van der Waals surface area contributed by atoms with Gasteiger partial charge in [0, 0.05) is 45.0 Å². The number of hydrogen-bond acceptors (Lipinski definition) is 3. The molecule has 1 heterocycles. The number of aromatic nitrogens is 2. The second-order valence-corrected chi connectivity index (χ2v) is 7.30. The minimum atomic E-state index is -3.43. The molecule has 0 saturated heterocycles. The van der Waals surface area contributed by atoms with Gasteiger partial charge in [-0.1, -0.05) is 0 Å². The third-order valence-corrected chi connectivity index (χ3v) is 5.37. The van der Waals surface area contributed by atoms with E-state index in [1.165, 1.54) is 8.61 Å². The summed E-state index contributed by atoms with van der Waals surface area (Å²) in [7, 11) is 1.53. The van der Waals surface area contributed by atoms with E-state index in [0.717, 1.165) is 17.0 Å². The molecule has 0 saturated carbocycles. The van der Waals surface area contributed by atoms with Crippen LogP contribution >= 0.6 is 0 Å². The van der Waals surface area contributed by atoms with Crippen LogP contribution < -0.4 is 0 Å². The van der Waals surface area contributed by atoms with E-state index in [9.17, 15) is 8.42 Å². The van der Waals surface area contributed by atoms with Crippen LogP contribution in [0.25, 0.3) is 0 Å². The maximum atomic E-state index is 12.3. The van der Waals surface area contributed by atoms with Gasteiger partial charge >= 0.3 is 0 Å². The van der Waals surface area contributed by atoms with Gasteiger partial charge in [-0.3, -0.25) is 4.68 Å². The molecule has 0 radical (unpaired) electrons. The first-order chi connectivity index (χ1) is 8.59. The Labute approximate surface area is 116 Å². The van der Waals surface area contributed by atoms with Gasteiger partial charge in [0.2, 0.25) is 0 Å². The number of rotatable bonds is 5. The van der Waals surface area contributed by atoms with E-state index < -0.39 is 10.2 Å². The Morgan fingerprint density at radius 3 is 2.11 bits per heavy atom. The fourth-order valence-corrected chi connectivity index (χ4v) is 3.19. The first kappa shape index (κ1) is 16.1. The van der Waals surface area contributed by atoms with Crippen LogP contribution in [0.1, 0.15) is 30.8 Å². The highest BCUT2D eigenvalue weighted by molar-refractivity contribution is 7.86. The largest absolute Gasteiger partial charge is 0.282 e. The molecule has 0 atom stereocenters. The molecular formula is C12H24N4O2S. The molecule has 1 rings (SSSR count). The molecule has 0 aromatic carbocycles. The van der Waals surface area contributed by atoms with Crippen LogP contribution in [0.4, 0.5) is 0 Å². The van der Waals surface area contributed by atoms with E-state index in [1.807, 2.05) is 34.7 Å². The maximum absolute atomic E-state index is 12.3. The molecule has 1 aromatic rings. The fraction of sp³-hybridized carbons (Fsp3) is 0.750. The lowest BCUT2D eigenvalue weighted by atomic mass is 10.2. The van der Waals surface area contributed by atoms with E-state index in [2.05, 4.69) is 5.10 Å². The summed E-state index contributed by atoms with van der Waals surface area (Å²) in [6.07, 6.45) is 0. The van der Waals surface area contributed by atoms with E-state index in [4.69, 9.17) is 0 Å². The molecule has 19 heavy (non-hydrogen) atoms. The van der Waals surface area contributed by atoms with Gasteiger partial charge in [0.05, 0.1) is 5.69 Å². The van der Waals surface area contributed by atoms with E-state index >= 15 is 0 Å². The zero-order valence-electron chi connectivity index (χ0n) is 12.8. The van der Waals surface area contributed by atoms with E-state index in [-0.39, 0.29) is 6.04 Å². The second kappa shape index (κ2) is 5.60. The average molecular weight is 288 g/mol. The van der Waals surface area contributed by atoms with Crippen molar-refractivity contribution >= 4 is 10.2 Å². The van der Waals surface area contributed by atoms with E-state index in [0.29, 0.717) is 6.54 Å². The summed E-state index contributed by atoms with van der Waals surface area (Å²) in [6, 6.07) is -0.105. The minimum Gasteiger partial charge on any atom is -0.272 e. The van der Waals surface area contributed by atoms with Gasteiger partial charge in [-0.2, -0.15) is 22.1 Å². The molecule has 0 N–H and O–H groups in total. The first-order valence-corrected chi connectivity index (χ1v) is 7.67. The minimum absolute atomic E-state index is 0.105. The highest BCUT2D eigenvalue weighted by Gasteiger charge is 2.28. The molecule has 0 aliphatic carbocycles. The average Bonchev–Trinajstić information content (AvgIpc) is 2.49. The Bertz CT molecular complexity index is 546. The fourth-order valence-electron chi connectivity index (χ4n) is 1.94. The van der Waals surface area contributed by atoms with Crippen LogP contribution in [0.2, 0.25) is 0 Å². The van der Waals surface area contributed by atoms with Crippen LogP contribution in [0.15, 0.2) is 0 Å². The standard InChI is InChI=1S/C12H24N4O2S/c1-9(2)16(19(17,18)14(5)6)8-12-10(3)13-15(7)11(12)4/h9H,8H2,1-7H3. The summed E-state index contributed by atoms with van der Waals surface area (Å²) in [4.78, 5) is 0. The van der Waals surface area contributed by atoms with Crippen LogP contribution in [0.5, 0.6) is 0 Å². The Balaban J connectivity index is 3.18. The summed E-state index contributed by atoms with van der Waals surface area (Å²) < 4.78 is 29.2. The second-order valence-electron chi connectivity index (χ2n) is 5.20. The van der Waals surface area contributed by atoms with Crippen molar-refractivity contribution in [1.82, 2.24) is 18.4 Å². The summed E-state index contributed by atoms with van der Waals surface area (Å²) >= 11 is 0. The van der Waals surface area contributed by atoms with Crippen LogP contribution in [0.3, 0.4) is 0 Å². The normalized spacial score (nSPS) is 12.9. The van der Waals surface area contributed by atoms with Crippen molar-refractivity contribution in [1.29, 1.82) is 0 Å². The summed E-state index contributed by atoms with van der Waals surface area (Å²) in [5.74, 6) is 0. The number of aryl methyl sites for hydroxylation is 2. The molecule has 0 fully saturated rings. The van der Waals surface area contributed by atoms with Gasteiger partial charge in [0.1, 0.15) is 0 Å². The third-order valence-electron chi connectivity index (χ3n) is 3.31. The highest BCUT2D eigenvalue weighted by atomic mass is 32.2. The Morgan fingerprint density at radius 2 is 1.79 bits per heavy atom. The lowest BCUT2D eigenvalue weighted by molar-refractivity contribution is 0.321. The quantitative estimate of drug-likeness (QED) is 0.814. The van der Waals surface area contributed by atoms with Crippen molar-refractivity contribution in [2.75, 3.05) is 14.1 Å². The molecule has 0 spiro atoms. The predicted molar refractivity (Wildman–Crippen MR) is 76.0 cm³/mol. The summed E-state index contributed by atoms with van der Waals surface area (Å²) in [6.45, 7) is 7.97. The molecule has 110 valence electrons. The lowest BCUT2D eigenvalue weighted by Crippen LogP contribution is -2.43.